The van der Waals surface area contributed by atoms with Crippen LogP contribution in [0.4, 0.5) is 10.1 Å². The maximum atomic E-state index is 14.3. The van der Waals surface area contributed by atoms with Gasteiger partial charge in [-0.15, -0.1) is 0 Å². The zero-order chi connectivity index (χ0) is 20.1. The fourth-order valence-electron chi connectivity index (χ4n) is 3.09. The molecule has 1 fully saturated rings. The molecular weight excluding hydrogens is 381 g/mol. The number of halogens is 1. The summed E-state index contributed by atoms with van der Waals surface area (Å²) >= 11 is 0. The van der Waals surface area contributed by atoms with Gasteiger partial charge >= 0.3 is 0 Å². The van der Waals surface area contributed by atoms with Gasteiger partial charge in [-0.2, -0.15) is 9.57 Å². The highest BCUT2D eigenvalue weighted by atomic mass is 32.2. The van der Waals surface area contributed by atoms with E-state index in [1.165, 1.54) is 10.4 Å². The van der Waals surface area contributed by atoms with Gasteiger partial charge in [0.1, 0.15) is 10.7 Å². The first kappa shape index (κ1) is 20.0. The standard InChI is InChI=1S/C20H20FN3O3S/c21-18-9-6-16(14-19(18)28(26,27)24-12-2-1-3-13-24)20(25)23-17-7-4-15(5-8-17)10-11-22/h4-9,14H,1-3,10,12-13H2,(H,23,25). The van der Waals surface area contributed by atoms with Gasteiger partial charge in [0.15, 0.2) is 0 Å². The number of piperidine rings is 1. The summed E-state index contributed by atoms with van der Waals surface area (Å²) in [5, 5.41) is 11.3. The van der Waals surface area contributed by atoms with Gasteiger partial charge in [-0.25, -0.2) is 12.8 Å². The van der Waals surface area contributed by atoms with Gasteiger partial charge in [-0.3, -0.25) is 4.79 Å². The predicted molar refractivity (Wildman–Crippen MR) is 103 cm³/mol. The molecule has 146 valence electrons. The van der Waals surface area contributed by atoms with E-state index in [1.807, 2.05) is 6.07 Å². The number of sulfonamides is 1. The molecule has 8 heteroatoms. The van der Waals surface area contributed by atoms with Crippen molar-refractivity contribution in [2.75, 3.05) is 18.4 Å². The number of benzene rings is 2. The Morgan fingerprint density at radius 2 is 1.79 bits per heavy atom. The zero-order valence-electron chi connectivity index (χ0n) is 15.2. The average Bonchev–Trinajstić information content (AvgIpc) is 2.70. The lowest BCUT2D eigenvalue weighted by molar-refractivity contribution is 0.102. The molecule has 1 heterocycles. The summed E-state index contributed by atoms with van der Waals surface area (Å²) in [5.41, 5.74) is 1.37. The van der Waals surface area contributed by atoms with Crippen molar-refractivity contribution < 1.29 is 17.6 Å². The summed E-state index contributed by atoms with van der Waals surface area (Å²) in [4.78, 5) is 12.0. The maximum Gasteiger partial charge on any atom is 0.255 e. The first-order valence-corrected chi connectivity index (χ1v) is 10.4. The highest BCUT2D eigenvalue weighted by molar-refractivity contribution is 7.89. The van der Waals surface area contributed by atoms with Crippen molar-refractivity contribution in [2.45, 2.75) is 30.6 Å². The molecule has 0 bridgehead atoms. The highest BCUT2D eigenvalue weighted by Crippen LogP contribution is 2.24. The molecule has 3 rings (SSSR count). The van der Waals surface area contributed by atoms with E-state index < -0.39 is 26.6 Å². The number of amides is 1. The normalized spacial score (nSPS) is 15.0. The molecule has 1 aliphatic heterocycles. The molecule has 0 aliphatic carbocycles. The van der Waals surface area contributed by atoms with Crippen molar-refractivity contribution >= 4 is 21.6 Å². The summed E-state index contributed by atoms with van der Waals surface area (Å²) in [6.07, 6.45) is 2.69. The lowest BCUT2D eigenvalue weighted by Crippen LogP contribution is -2.36. The molecule has 0 unspecified atom stereocenters. The minimum atomic E-state index is -3.99. The van der Waals surface area contributed by atoms with Crippen molar-refractivity contribution in [1.29, 1.82) is 5.26 Å². The molecule has 6 nitrogen and oxygen atoms in total. The predicted octanol–water partition coefficient (Wildman–Crippen LogP) is 3.32. The molecule has 0 atom stereocenters. The monoisotopic (exact) mass is 401 g/mol. The Morgan fingerprint density at radius 1 is 1.11 bits per heavy atom. The molecule has 0 aromatic heterocycles. The minimum Gasteiger partial charge on any atom is -0.322 e. The number of rotatable bonds is 5. The largest absolute Gasteiger partial charge is 0.322 e. The van der Waals surface area contributed by atoms with Crippen molar-refractivity contribution in [3.8, 4) is 6.07 Å². The van der Waals surface area contributed by atoms with Crippen molar-refractivity contribution in [1.82, 2.24) is 4.31 Å². The van der Waals surface area contributed by atoms with Gasteiger partial charge in [-0.1, -0.05) is 18.6 Å². The number of carbonyl (C=O) groups excluding carboxylic acids is 1. The molecule has 1 saturated heterocycles. The quantitative estimate of drug-likeness (QED) is 0.832. The third-order valence-corrected chi connectivity index (χ3v) is 6.53. The van der Waals surface area contributed by atoms with Crippen LogP contribution in [-0.4, -0.2) is 31.7 Å². The van der Waals surface area contributed by atoms with E-state index in [2.05, 4.69) is 5.32 Å². The second-order valence-corrected chi connectivity index (χ2v) is 8.50. The van der Waals surface area contributed by atoms with E-state index in [0.29, 0.717) is 18.8 Å². The molecule has 0 radical (unpaired) electrons. The highest BCUT2D eigenvalue weighted by Gasteiger charge is 2.29. The fourth-order valence-corrected chi connectivity index (χ4v) is 4.69. The van der Waals surface area contributed by atoms with Crippen LogP contribution in [0.15, 0.2) is 47.4 Å². The zero-order valence-corrected chi connectivity index (χ0v) is 16.0. The van der Waals surface area contributed by atoms with Crippen LogP contribution in [0, 0.1) is 17.1 Å². The Morgan fingerprint density at radius 3 is 2.43 bits per heavy atom. The third-order valence-electron chi connectivity index (χ3n) is 4.62. The number of hydrogen-bond donors (Lipinski definition) is 1. The van der Waals surface area contributed by atoms with Gasteiger partial charge in [0.2, 0.25) is 10.0 Å². The second-order valence-electron chi connectivity index (χ2n) is 6.60. The molecule has 1 aliphatic rings. The van der Waals surface area contributed by atoms with Crippen LogP contribution in [0.1, 0.15) is 35.2 Å². The lowest BCUT2D eigenvalue weighted by Gasteiger charge is -2.26. The maximum absolute atomic E-state index is 14.3. The minimum absolute atomic E-state index is 0.0538. The molecule has 1 amide bonds. The van der Waals surface area contributed by atoms with Gasteiger partial charge in [0, 0.05) is 24.3 Å². The van der Waals surface area contributed by atoms with E-state index >= 15 is 0 Å². The Labute approximate surface area is 163 Å². The van der Waals surface area contributed by atoms with Gasteiger partial charge in [0.25, 0.3) is 5.91 Å². The van der Waals surface area contributed by atoms with E-state index in [1.54, 1.807) is 24.3 Å². The summed E-state index contributed by atoms with van der Waals surface area (Å²) in [5.74, 6) is -1.41. The van der Waals surface area contributed by atoms with Crippen molar-refractivity contribution in [3.63, 3.8) is 0 Å². The smallest absolute Gasteiger partial charge is 0.255 e. The number of nitriles is 1. The Kier molecular flexibility index (Phi) is 6.07. The molecule has 0 spiro atoms. The Balaban J connectivity index is 1.82. The first-order chi connectivity index (χ1) is 13.4. The van der Waals surface area contributed by atoms with E-state index in [9.17, 15) is 17.6 Å². The topological polar surface area (TPSA) is 90.3 Å². The van der Waals surface area contributed by atoms with Crippen LogP contribution in [0.2, 0.25) is 0 Å². The van der Waals surface area contributed by atoms with Crippen molar-refractivity contribution in [2.24, 2.45) is 0 Å². The fraction of sp³-hybridized carbons (Fsp3) is 0.300. The Bertz CT molecular complexity index is 1010. The van der Waals surface area contributed by atoms with Crippen LogP contribution in [0.5, 0.6) is 0 Å². The number of carbonyl (C=O) groups is 1. The number of hydrogen-bond acceptors (Lipinski definition) is 4. The van der Waals surface area contributed by atoms with E-state index in [-0.39, 0.29) is 12.0 Å². The van der Waals surface area contributed by atoms with Crippen LogP contribution in [0.25, 0.3) is 0 Å². The summed E-state index contributed by atoms with van der Waals surface area (Å²) in [6, 6.07) is 12.1. The van der Waals surface area contributed by atoms with Crippen LogP contribution in [0.3, 0.4) is 0 Å². The summed E-state index contributed by atoms with van der Waals surface area (Å²) in [6.45, 7) is 0.709. The van der Waals surface area contributed by atoms with E-state index in [4.69, 9.17) is 5.26 Å². The summed E-state index contributed by atoms with van der Waals surface area (Å²) in [7, 11) is -3.99. The SMILES string of the molecule is N#CCc1ccc(NC(=O)c2ccc(F)c(S(=O)(=O)N3CCCCC3)c2)cc1. The van der Waals surface area contributed by atoms with Gasteiger partial charge in [-0.05, 0) is 48.7 Å². The molecule has 0 saturated carbocycles. The number of nitrogens with zero attached hydrogens (tertiary/aromatic N) is 2. The molecule has 28 heavy (non-hydrogen) atoms. The Hall–Kier alpha value is -2.76. The van der Waals surface area contributed by atoms with E-state index in [0.717, 1.165) is 37.0 Å². The molecule has 2 aromatic rings. The van der Waals surface area contributed by atoms with Crippen LogP contribution >= 0.6 is 0 Å². The number of anilines is 1. The lowest BCUT2D eigenvalue weighted by atomic mass is 10.1. The third kappa shape index (κ3) is 4.38. The van der Waals surface area contributed by atoms with Crippen LogP contribution < -0.4 is 5.32 Å². The van der Waals surface area contributed by atoms with Crippen molar-refractivity contribution in [3.05, 3.63) is 59.4 Å². The average molecular weight is 401 g/mol. The summed E-state index contributed by atoms with van der Waals surface area (Å²) < 4.78 is 41.1. The van der Waals surface area contributed by atoms with Gasteiger partial charge < -0.3 is 5.32 Å². The second kappa shape index (κ2) is 8.50. The number of nitrogens with one attached hydrogen (secondary N) is 1. The molecular formula is C20H20FN3O3S. The van der Waals surface area contributed by atoms with Crippen LogP contribution in [-0.2, 0) is 16.4 Å². The molecule has 1 N–H and O–H groups in total. The molecule has 2 aromatic carbocycles. The first-order valence-electron chi connectivity index (χ1n) is 8.99. The van der Waals surface area contributed by atoms with Gasteiger partial charge in [0.05, 0.1) is 12.5 Å².